The van der Waals surface area contributed by atoms with Gasteiger partial charge < -0.3 is 10.4 Å². The molecule has 0 aliphatic rings. The Morgan fingerprint density at radius 3 is 2.69 bits per heavy atom. The number of halogens is 1. The summed E-state index contributed by atoms with van der Waals surface area (Å²) in [5, 5.41) is 20.6. The fraction of sp³-hybridized carbons (Fsp3) is 0.333. The Morgan fingerprint density at radius 2 is 2.25 bits per heavy atom. The molecule has 1 amide bonds. The summed E-state index contributed by atoms with van der Waals surface area (Å²) in [5.41, 5.74) is -1.18. The fourth-order valence-corrected chi connectivity index (χ4v) is 1.03. The Hall–Kier alpha value is -1.52. The Balaban J connectivity index is 2.75. The maximum absolute atomic E-state index is 11.5. The smallest absolute Gasteiger partial charge is 0.257 e. The standard InChI is InChI=1S/C9H9BrN4O2/c1-9(16,5-10)8(15)14-6-3-12-7(2-11)13-4-6/h3-4,16H,5H2,1H3,(H,14,15)/t9-/m0/s1. The number of hydrogen-bond donors (Lipinski definition) is 2. The van der Waals surface area contributed by atoms with Crippen LogP contribution in [0.5, 0.6) is 0 Å². The lowest BCUT2D eigenvalue weighted by Crippen LogP contribution is -2.41. The van der Waals surface area contributed by atoms with Gasteiger partial charge in [-0.15, -0.1) is 0 Å². The highest BCUT2D eigenvalue weighted by atomic mass is 79.9. The van der Waals surface area contributed by atoms with E-state index in [2.05, 4.69) is 31.2 Å². The molecule has 1 heterocycles. The normalized spacial score (nSPS) is 13.6. The number of aromatic nitrogens is 2. The van der Waals surface area contributed by atoms with Crippen LogP contribution >= 0.6 is 15.9 Å². The summed E-state index contributed by atoms with van der Waals surface area (Å²) < 4.78 is 0. The van der Waals surface area contributed by atoms with Gasteiger partial charge in [-0.3, -0.25) is 4.79 Å². The number of carbonyl (C=O) groups is 1. The van der Waals surface area contributed by atoms with E-state index in [1.807, 2.05) is 0 Å². The van der Waals surface area contributed by atoms with Crippen LogP contribution in [0.4, 0.5) is 5.69 Å². The first-order chi connectivity index (χ1) is 7.49. The molecule has 1 aromatic heterocycles. The molecule has 0 saturated heterocycles. The largest absolute Gasteiger partial charge is 0.379 e. The van der Waals surface area contributed by atoms with Gasteiger partial charge >= 0.3 is 0 Å². The van der Waals surface area contributed by atoms with Gasteiger partial charge in [0.2, 0.25) is 5.82 Å². The molecule has 0 aliphatic heterocycles. The number of nitriles is 1. The number of anilines is 1. The predicted octanol–water partition coefficient (Wildman–Crippen LogP) is 0.433. The molecule has 7 heteroatoms. The quantitative estimate of drug-likeness (QED) is 0.785. The van der Waals surface area contributed by atoms with Gasteiger partial charge in [-0.1, -0.05) is 15.9 Å². The minimum atomic E-state index is -1.51. The molecule has 0 aliphatic carbocycles. The minimum Gasteiger partial charge on any atom is -0.379 e. The van der Waals surface area contributed by atoms with E-state index in [0.29, 0.717) is 5.69 Å². The molecule has 1 rings (SSSR count). The van der Waals surface area contributed by atoms with Crippen molar-refractivity contribution in [3.8, 4) is 6.07 Å². The zero-order chi connectivity index (χ0) is 12.2. The number of amides is 1. The summed E-state index contributed by atoms with van der Waals surface area (Å²) in [7, 11) is 0. The molecule has 84 valence electrons. The Kier molecular flexibility index (Phi) is 3.93. The summed E-state index contributed by atoms with van der Waals surface area (Å²) in [6.07, 6.45) is 2.60. The molecule has 0 radical (unpaired) electrons. The molecule has 0 saturated carbocycles. The molecule has 1 atom stereocenters. The first kappa shape index (κ1) is 12.5. The van der Waals surface area contributed by atoms with Crippen LogP contribution < -0.4 is 5.32 Å². The molecule has 0 unspecified atom stereocenters. The summed E-state index contributed by atoms with van der Waals surface area (Å²) in [6, 6.07) is 1.76. The Bertz CT molecular complexity index is 424. The number of nitrogens with zero attached hydrogens (tertiary/aromatic N) is 3. The van der Waals surface area contributed by atoms with E-state index >= 15 is 0 Å². The van der Waals surface area contributed by atoms with Crippen molar-refractivity contribution in [2.75, 3.05) is 10.6 Å². The SMILES string of the molecule is C[C@](O)(CBr)C(=O)Nc1cnc(C#N)nc1. The number of alkyl halides is 1. The molecule has 0 fully saturated rings. The van der Waals surface area contributed by atoms with E-state index < -0.39 is 11.5 Å². The van der Waals surface area contributed by atoms with Crippen molar-refractivity contribution in [3.63, 3.8) is 0 Å². The zero-order valence-electron chi connectivity index (χ0n) is 8.44. The first-order valence-electron chi connectivity index (χ1n) is 4.31. The van der Waals surface area contributed by atoms with Crippen molar-refractivity contribution in [1.29, 1.82) is 5.26 Å². The second-order valence-electron chi connectivity index (χ2n) is 3.27. The van der Waals surface area contributed by atoms with Gasteiger partial charge in [0, 0.05) is 5.33 Å². The highest BCUT2D eigenvalue weighted by Gasteiger charge is 2.28. The number of nitrogens with one attached hydrogen (secondary N) is 1. The second-order valence-corrected chi connectivity index (χ2v) is 3.83. The van der Waals surface area contributed by atoms with Crippen LogP contribution in [0.3, 0.4) is 0 Å². The third kappa shape index (κ3) is 2.98. The topological polar surface area (TPSA) is 98.9 Å². The molecule has 0 bridgehead atoms. The summed E-state index contributed by atoms with van der Waals surface area (Å²) in [5.74, 6) is -0.553. The molecule has 6 nitrogen and oxygen atoms in total. The lowest BCUT2D eigenvalue weighted by atomic mass is 10.1. The molecular weight excluding hydrogens is 276 g/mol. The van der Waals surface area contributed by atoms with Crippen molar-refractivity contribution >= 4 is 27.5 Å². The molecule has 1 aromatic rings. The van der Waals surface area contributed by atoms with Crippen LogP contribution in [0.15, 0.2) is 12.4 Å². The average molecular weight is 285 g/mol. The average Bonchev–Trinajstić information content (AvgIpc) is 2.30. The van der Waals surface area contributed by atoms with Crippen LogP contribution in [0, 0.1) is 11.3 Å². The van der Waals surface area contributed by atoms with E-state index in [4.69, 9.17) is 5.26 Å². The van der Waals surface area contributed by atoms with Gasteiger partial charge in [0.05, 0.1) is 18.1 Å². The maximum Gasteiger partial charge on any atom is 0.257 e. The van der Waals surface area contributed by atoms with Crippen molar-refractivity contribution in [3.05, 3.63) is 18.2 Å². The summed E-state index contributed by atoms with van der Waals surface area (Å²) in [4.78, 5) is 18.9. The van der Waals surface area contributed by atoms with E-state index in [9.17, 15) is 9.90 Å². The lowest BCUT2D eigenvalue weighted by molar-refractivity contribution is -0.130. The van der Waals surface area contributed by atoms with Gasteiger partial charge in [-0.25, -0.2) is 9.97 Å². The van der Waals surface area contributed by atoms with Crippen LogP contribution in [0.25, 0.3) is 0 Å². The monoisotopic (exact) mass is 284 g/mol. The van der Waals surface area contributed by atoms with Crippen LogP contribution in [-0.2, 0) is 4.79 Å². The van der Waals surface area contributed by atoms with Crippen molar-refractivity contribution in [2.24, 2.45) is 0 Å². The highest BCUT2D eigenvalue weighted by molar-refractivity contribution is 9.09. The zero-order valence-corrected chi connectivity index (χ0v) is 10.0. The number of carbonyl (C=O) groups excluding carboxylic acids is 1. The van der Waals surface area contributed by atoms with Crippen LogP contribution in [0.2, 0.25) is 0 Å². The van der Waals surface area contributed by atoms with E-state index in [1.165, 1.54) is 19.3 Å². The molecule has 16 heavy (non-hydrogen) atoms. The lowest BCUT2D eigenvalue weighted by Gasteiger charge is -2.18. The third-order valence-corrected chi connectivity index (χ3v) is 2.85. The molecule has 2 N–H and O–H groups in total. The van der Waals surface area contributed by atoms with Crippen LogP contribution in [-0.4, -0.2) is 31.9 Å². The number of hydrogen-bond acceptors (Lipinski definition) is 5. The molecule has 0 spiro atoms. The number of rotatable bonds is 3. The van der Waals surface area contributed by atoms with Crippen LogP contribution in [0.1, 0.15) is 12.7 Å². The van der Waals surface area contributed by atoms with Crippen molar-refractivity contribution < 1.29 is 9.90 Å². The summed E-state index contributed by atoms with van der Waals surface area (Å²) >= 11 is 3.02. The highest BCUT2D eigenvalue weighted by Crippen LogP contribution is 2.11. The Labute approximate surface area is 100 Å². The maximum atomic E-state index is 11.5. The van der Waals surface area contributed by atoms with Gasteiger partial charge in [0.25, 0.3) is 5.91 Å². The minimum absolute atomic E-state index is 0.0188. The second kappa shape index (κ2) is 5.01. The van der Waals surface area contributed by atoms with E-state index in [1.54, 1.807) is 6.07 Å². The van der Waals surface area contributed by atoms with Crippen molar-refractivity contribution in [2.45, 2.75) is 12.5 Å². The Morgan fingerprint density at radius 1 is 1.69 bits per heavy atom. The van der Waals surface area contributed by atoms with Gasteiger partial charge in [0.1, 0.15) is 11.7 Å². The van der Waals surface area contributed by atoms with Gasteiger partial charge in [0.15, 0.2) is 0 Å². The van der Waals surface area contributed by atoms with Gasteiger partial charge in [-0.05, 0) is 6.92 Å². The third-order valence-electron chi connectivity index (χ3n) is 1.76. The predicted molar refractivity (Wildman–Crippen MR) is 59.8 cm³/mol. The van der Waals surface area contributed by atoms with Gasteiger partial charge in [-0.2, -0.15) is 5.26 Å². The first-order valence-corrected chi connectivity index (χ1v) is 5.43. The number of aliphatic hydroxyl groups is 1. The molecule has 0 aromatic carbocycles. The summed E-state index contributed by atoms with van der Waals surface area (Å²) in [6.45, 7) is 1.38. The fourth-order valence-electron chi connectivity index (χ4n) is 0.777. The van der Waals surface area contributed by atoms with E-state index in [0.717, 1.165) is 0 Å². The van der Waals surface area contributed by atoms with Crippen molar-refractivity contribution in [1.82, 2.24) is 9.97 Å². The van der Waals surface area contributed by atoms with E-state index in [-0.39, 0.29) is 11.2 Å². The molecular formula is C9H9BrN4O2.